The van der Waals surface area contributed by atoms with E-state index in [1.807, 2.05) is 18.2 Å². The number of fused-ring (bicyclic) bond motifs is 1. The van der Waals surface area contributed by atoms with E-state index in [0.717, 1.165) is 23.8 Å². The monoisotopic (exact) mass is 306 g/mol. The lowest BCUT2D eigenvalue weighted by atomic mass is 10.1. The molecule has 0 fully saturated rings. The number of thiophene rings is 1. The van der Waals surface area contributed by atoms with Crippen LogP contribution in [0.4, 0.5) is 0 Å². The zero-order valence-corrected chi connectivity index (χ0v) is 12.5. The van der Waals surface area contributed by atoms with Gasteiger partial charge in [-0.05, 0) is 55.0 Å². The van der Waals surface area contributed by atoms with Crippen LogP contribution in [0.3, 0.4) is 0 Å². The molecule has 20 heavy (non-hydrogen) atoms. The van der Waals surface area contributed by atoms with Crippen molar-refractivity contribution in [1.29, 1.82) is 0 Å². The van der Waals surface area contributed by atoms with Crippen molar-refractivity contribution in [3.05, 3.63) is 57.4 Å². The Morgan fingerprint density at radius 1 is 1.25 bits per heavy atom. The standard InChI is InChI=1S/C16H15ClO2S/c17-12-6-7-15-11(9-12)10-16(19-15)14(18)5-1-3-13-4-2-8-20-13/h2,4,6-10,14,18H,1,3,5H2. The molecule has 0 saturated carbocycles. The van der Waals surface area contributed by atoms with Gasteiger partial charge in [0.2, 0.25) is 0 Å². The molecule has 1 aromatic carbocycles. The molecular formula is C16H15ClO2S. The third-order valence-corrected chi connectivity index (χ3v) is 4.48. The summed E-state index contributed by atoms with van der Waals surface area (Å²) in [5.41, 5.74) is 0.765. The van der Waals surface area contributed by atoms with Gasteiger partial charge in [-0.3, -0.25) is 0 Å². The summed E-state index contributed by atoms with van der Waals surface area (Å²) in [5.74, 6) is 0.619. The molecule has 0 radical (unpaired) electrons. The van der Waals surface area contributed by atoms with Crippen LogP contribution in [0.15, 0.2) is 46.2 Å². The van der Waals surface area contributed by atoms with E-state index in [2.05, 4.69) is 17.5 Å². The molecule has 0 aliphatic rings. The Hall–Kier alpha value is -1.29. The number of halogens is 1. The SMILES string of the molecule is OC(CCCc1cccs1)c1cc2cc(Cl)ccc2o1. The molecule has 0 aliphatic heterocycles. The number of benzene rings is 1. The van der Waals surface area contributed by atoms with Gasteiger partial charge in [-0.25, -0.2) is 0 Å². The third-order valence-electron chi connectivity index (χ3n) is 3.31. The van der Waals surface area contributed by atoms with E-state index in [4.69, 9.17) is 16.0 Å². The van der Waals surface area contributed by atoms with Crippen molar-refractivity contribution >= 4 is 33.9 Å². The van der Waals surface area contributed by atoms with Crippen LogP contribution in [0.25, 0.3) is 11.0 Å². The summed E-state index contributed by atoms with van der Waals surface area (Å²) in [7, 11) is 0. The maximum Gasteiger partial charge on any atom is 0.134 e. The highest BCUT2D eigenvalue weighted by molar-refractivity contribution is 7.09. The number of aryl methyl sites for hydroxylation is 1. The molecule has 0 amide bonds. The van der Waals surface area contributed by atoms with Crippen molar-refractivity contribution < 1.29 is 9.52 Å². The molecule has 0 spiro atoms. The van der Waals surface area contributed by atoms with Gasteiger partial charge in [0.05, 0.1) is 0 Å². The normalized spacial score (nSPS) is 12.9. The highest BCUT2D eigenvalue weighted by atomic mass is 35.5. The van der Waals surface area contributed by atoms with Gasteiger partial charge in [-0.1, -0.05) is 17.7 Å². The average molecular weight is 307 g/mol. The van der Waals surface area contributed by atoms with Gasteiger partial charge in [-0.15, -0.1) is 11.3 Å². The van der Waals surface area contributed by atoms with Crippen molar-refractivity contribution in [3.8, 4) is 0 Å². The number of aliphatic hydroxyl groups is 1. The zero-order valence-electron chi connectivity index (χ0n) is 10.9. The lowest BCUT2D eigenvalue weighted by molar-refractivity contribution is 0.140. The summed E-state index contributed by atoms with van der Waals surface area (Å²) in [6.07, 6.45) is 2.09. The van der Waals surface area contributed by atoms with E-state index < -0.39 is 6.10 Å². The first-order valence-electron chi connectivity index (χ1n) is 6.62. The number of hydrogen-bond acceptors (Lipinski definition) is 3. The molecule has 4 heteroatoms. The summed E-state index contributed by atoms with van der Waals surface area (Å²) >= 11 is 7.70. The van der Waals surface area contributed by atoms with Crippen molar-refractivity contribution in [2.45, 2.75) is 25.4 Å². The maximum atomic E-state index is 10.2. The van der Waals surface area contributed by atoms with E-state index in [9.17, 15) is 5.11 Å². The summed E-state index contributed by atoms with van der Waals surface area (Å²) in [6.45, 7) is 0. The van der Waals surface area contributed by atoms with Crippen molar-refractivity contribution in [3.63, 3.8) is 0 Å². The largest absolute Gasteiger partial charge is 0.458 e. The molecule has 0 saturated heterocycles. The Kier molecular flexibility index (Phi) is 4.10. The minimum absolute atomic E-state index is 0.555. The first-order chi connectivity index (χ1) is 9.72. The van der Waals surface area contributed by atoms with Crippen LogP contribution >= 0.6 is 22.9 Å². The highest BCUT2D eigenvalue weighted by Crippen LogP contribution is 2.28. The fourth-order valence-corrected chi connectivity index (χ4v) is 3.20. The molecule has 1 N–H and O–H groups in total. The summed E-state index contributed by atoms with van der Waals surface area (Å²) in [4.78, 5) is 1.36. The van der Waals surface area contributed by atoms with Crippen molar-refractivity contribution in [2.24, 2.45) is 0 Å². The Labute approximate surface area is 126 Å². The zero-order chi connectivity index (χ0) is 13.9. The Balaban J connectivity index is 1.64. The fraction of sp³-hybridized carbons (Fsp3) is 0.250. The van der Waals surface area contributed by atoms with E-state index >= 15 is 0 Å². The van der Waals surface area contributed by atoms with Crippen molar-refractivity contribution in [2.75, 3.05) is 0 Å². The second-order valence-corrected chi connectivity index (χ2v) is 6.29. The second-order valence-electron chi connectivity index (χ2n) is 4.82. The lowest BCUT2D eigenvalue weighted by Gasteiger charge is -2.06. The third kappa shape index (κ3) is 3.06. The van der Waals surface area contributed by atoms with E-state index in [-0.39, 0.29) is 0 Å². The Bertz CT molecular complexity index is 688. The molecule has 2 heterocycles. The molecule has 0 bridgehead atoms. The van der Waals surface area contributed by atoms with Crippen LogP contribution in [0, 0.1) is 0 Å². The van der Waals surface area contributed by atoms with Crippen molar-refractivity contribution in [1.82, 2.24) is 0 Å². The lowest BCUT2D eigenvalue weighted by Crippen LogP contribution is -1.96. The van der Waals surface area contributed by atoms with E-state index in [0.29, 0.717) is 17.2 Å². The van der Waals surface area contributed by atoms with Gasteiger partial charge in [0.15, 0.2) is 0 Å². The van der Waals surface area contributed by atoms with E-state index in [1.165, 1.54) is 4.88 Å². The number of rotatable bonds is 5. The molecule has 1 unspecified atom stereocenters. The summed E-state index contributed by atoms with van der Waals surface area (Å²) in [6, 6.07) is 11.5. The first-order valence-corrected chi connectivity index (χ1v) is 7.87. The second kappa shape index (κ2) is 6.00. The van der Waals surface area contributed by atoms with Crippen LogP contribution in [-0.4, -0.2) is 5.11 Å². The van der Waals surface area contributed by atoms with Gasteiger partial charge >= 0.3 is 0 Å². The number of aliphatic hydroxyl groups excluding tert-OH is 1. The predicted molar refractivity (Wildman–Crippen MR) is 83.4 cm³/mol. The van der Waals surface area contributed by atoms with Gasteiger partial charge in [0.25, 0.3) is 0 Å². The van der Waals surface area contributed by atoms with Crippen LogP contribution in [0.5, 0.6) is 0 Å². The van der Waals surface area contributed by atoms with Gasteiger partial charge in [0, 0.05) is 15.3 Å². The molecule has 104 valence electrons. The van der Waals surface area contributed by atoms with Crippen LogP contribution in [-0.2, 0) is 6.42 Å². The van der Waals surface area contributed by atoms with Crippen LogP contribution in [0.2, 0.25) is 5.02 Å². The summed E-state index contributed by atoms with van der Waals surface area (Å²) in [5, 5.41) is 13.9. The topological polar surface area (TPSA) is 33.4 Å². The minimum atomic E-state index is -0.555. The van der Waals surface area contributed by atoms with Gasteiger partial charge < -0.3 is 9.52 Å². The Morgan fingerprint density at radius 3 is 2.95 bits per heavy atom. The quantitative estimate of drug-likeness (QED) is 0.702. The number of furan rings is 1. The maximum absolute atomic E-state index is 10.2. The molecular weight excluding hydrogens is 292 g/mol. The predicted octanol–water partition coefficient (Wildman–Crippen LogP) is 5.20. The number of hydrogen-bond donors (Lipinski definition) is 1. The first kappa shape index (κ1) is 13.7. The average Bonchev–Trinajstić information content (AvgIpc) is 3.06. The fourth-order valence-electron chi connectivity index (χ4n) is 2.27. The van der Waals surface area contributed by atoms with E-state index in [1.54, 1.807) is 17.4 Å². The summed E-state index contributed by atoms with van der Waals surface area (Å²) < 4.78 is 5.67. The van der Waals surface area contributed by atoms with Gasteiger partial charge in [0.1, 0.15) is 17.4 Å². The Morgan fingerprint density at radius 2 is 2.15 bits per heavy atom. The molecule has 2 nitrogen and oxygen atoms in total. The molecule has 0 aliphatic carbocycles. The van der Waals surface area contributed by atoms with Crippen LogP contribution < -0.4 is 0 Å². The molecule has 3 aromatic rings. The molecule has 1 atom stereocenters. The molecule has 2 aromatic heterocycles. The van der Waals surface area contributed by atoms with Crippen LogP contribution in [0.1, 0.15) is 29.6 Å². The van der Waals surface area contributed by atoms with Gasteiger partial charge in [-0.2, -0.15) is 0 Å². The highest BCUT2D eigenvalue weighted by Gasteiger charge is 2.13. The smallest absolute Gasteiger partial charge is 0.134 e. The minimum Gasteiger partial charge on any atom is -0.458 e. The molecule has 3 rings (SSSR count).